The summed E-state index contributed by atoms with van der Waals surface area (Å²) in [6.07, 6.45) is 0. The number of thioether (sulfide) groups is 4. The van der Waals surface area contributed by atoms with Crippen LogP contribution in [-0.4, -0.2) is 0 Å². The fourth-order valence-electron chi connectivity index (χ4n) is 0.615. The van der Waals surface area contributed by atoms with Gasteiger partial charge in [0.1, 0.15) is 0 Å². The Bertz CT molecular complexity index is 235. The normalized spacial score (nSPS) is 21.5. The molecule has 0 fully saturated rings. The lowest BCUT2D eigenvalue weighted by atomic mass is 11.0. The molecule has 0 nitrogen and oxygen atoms in total. The van der Waals surface area contributed by atoms with E-state index in [2.05, 4.69) is 27.4 Å². The van der Waals surface area contributed by atoms with Crippen LogP contribution in [0.3, 0.4) is 0 Å². The second kappa shape index (κ2) is 3.87. The van der Waals surface area contributed by atoms with Gasteiger partial charge in [-0.2, -0.15) is 0 Å². The molecule has 0 aromatic carbocycles. The third-order valence-corrected chi connectivity index (χ3v) is 4.87. The van der Waals surface area contributed by atoms with Gasteiger partial charge in [0, 0.05) is 0 Å². The Morgan fingerprint density at radius 3 is 1.45 bits per heavy atom. The van der Waals surface area contributed by atoms with Gasteiger partial charge >= 0.3 is 0 Å². The Labute approximate surface area is 82.7 Å². The molecule has 0 saturated carbocycles. The number of hydrogen-bond acceptors (Lipinski definition) is 4. The Morgan fingerprint density at radius 1 is 0.727 bits per heavy atom. The SMILES string of the molecule is C(=C1SC=CS1)=C1SC=CS1. The zero-order valence-electron chi connectivity index (χ0n) is 5.44. The van der Waals surface area contributed by atoms with Crippen molar-refractivity contribution in [2.75, 3.05) is 0 Å². The Hall–Kier alpha value is 0.400. The van der Waals surface area contributed by atoms with Gasteiger partial charge in [-0.05, 0) is 21.6 Å². The molecule has 0 radical (unpaired) electrons. The lowest BCUT2D eigenvalue weighted by Gasteiger charge is -1.88. The molecule has 2 aliphatic rings. The van der Waals surface area contributed by atoms with Crippen molar-refractivity contribution in [2.45, 2.75) is 0 Å². The van der Waals surface area contributed by atoms with Crippen LogP contribution >= 0.6 is 47.0 Å². The van der Waals surface area contributed by atoms with Crippen molar-refractivity contribution < 1.29 is 0 Å². The van der Waals surface area contributed by atoms with E-state index in [0.717, 1.165) is 0 Å². The second-order valence-corrected chi connectivity index (χ2v) is 5.90. The van der Waals surface area contributed by atoms with Crippen LogP contribution in [0.5, 0.6) is 0 Å². The van der Waals surface area contributed by atoms with Crippen molar-refractivity contribution >= 4 is 47.0 Å². The van der Waals surface area contributed by atoms with Gasteiger partial charge in [-0.1, -0.05) is 52.8 Å². The third-order valence-electron chi connectivity index (χ3n) is 1.02. The van der Waals surface area contributed by atoms with Gasteiger partial charge in [-0.25, -0.2) is 0 Å². The predicted octanol–water partition coefficient (Wildman–Crippen LogP) is 4.17. The van der Waals surface area contributed by atoms with Gasteiger partial charge in [0.15, 0.2) is 0 Å². The molecule has 56 valence electrons. The van der Waals surface area contributed by atoms with Crippen LogP contribution in [0.2, 0.25) is 0 Å². The molecule has 2 rings (SSSR count). The van der Waals surface area contributed by atoms with Crippen LogP contribution in [-0.2, 0) is 0 Å². The minimum Gasteiger partial charge on any atom is -0.0817 e. The molecule has 0 bridgehead atoms. The van der Waals surface area contributed by atoms with Crippen molar-refractivity contribution in [3.63, 3.8) is 0 Å². The molecule has 0 amide bonds. The monoisotopic (exact) mass is 216 g/mol. The zero-order valence-corrected chi connectivity index (χ0v) is 8.71. The van der Waals surface area contributed by atoms with E-state index in [9.17, 15) is 0 Å². The van der Waals surface area contributed by atoms with Crippen LogP contribution < -0.4 is 0 Å². The lowest BCUT2D eigenvalue weighted by molar-refractivity contribution is 2.28. The van der Waals surface area contributed by atoms with Gasteiger partial charge < -0.3 is 0 Å². The molecule has 0 spiro atoms. The highest BCUT2D eigenvalue weighted by Gasteiger charge is 2.04. The molecule has 0 atom stereocenters. The molecule has 11 heavy (non-hydrogen) atoms. The van der Waals surface area contributed by atoms with Crippen molar-refractivity contribution in [3.8, 4) is 0 Å². The fraction of sp³-hybridized carbons (Fsp3) is 0. The Kier molecular flexibility index (Phi) is 2.82. The van der Waals surface area contributed by atoms with E-state index in [1.54, 1.807) is 47.0 Å². The van der Waals surface area contributed by atoms with E-state index in [0.29, 0.717) is 0 Å². The molecule has 4 heteroatoms. The molecule has 2 heterocycles. The van der Waals surface area contributed by atoms with Crippen molar-refractivity contribution in [1.82, 2.24) is 0 Å². The van der Waals surface area contributed by atoms with E-state index in [4.69, 9.17) is 0 Å². The maximum Gasteiger partial charge on any atom is 0.0927 e. The quantitative estimate of drug-likeness (QED) is 0.557. The first-order valence-corrected chi connectivity index (χ1v) is 6.44. The average molecular weight is 216 g/mol. The van der Waals surface area contributed by atoms with E-state index >= 15 is 0 Å². The Balaban J connectivity index is 2.17. The third kappa shape index (κ3) is 2.17. The summed E-state index contributed by atoms with van der Waals surface area (Å²) in [4.78, 5) is 0. The first-order chi connectivity index (χ1) is 5.45. The first-order valence-electron chi connectivity index (χ1n) is 2.93. The Morgan fingerprint density at radius 2 is 1.09 bits per heavy atom. The van der Waals surface area contributed by atoms with Crippen LogP contribution in [0.1, 0.15) is 0 Å². The van der Waals surface area contributed by atoms with E-state index in [1.165, 1.54) is 8.47 Å². The summed E-state index contributed by atoms with van der Waals surface area (Å²) in [6.45, 7) is 0. The van der Waals surface area contributed by atoms with Gasteiger partial charge in [0.05, 0.1) is 8.47 Å². The molecule has 0 N–H and O–H groups in total. The van der Waals surface area contributed by atoms with Crippen LogP contribution in [0, 0.1) is 0 Å². The maximum absolute atomic E-state index is 3.34. The molecule has 0 saturated heterocycles. The van der Waals surface area contributed by atoms with Gasteiger partial charge in [0.25, 0.3) is 0 Å². The topological polar surface area (TPSA) is 0 Å². The summed E-state index contributed by atoms with van der Waals surface area (Å²) >= 11 is 6.97. The van der Waals surface area contributed by atoms with Crippen molar-refractivity contribution in [2.24, 2.45) is 0 Å². The molecule has 2 aliphatic heterocycles. The highest BCUT2D eigenvalue weighted by atomic mass is 32.2. The standard InChI is InChI=1S/C7H4S4/c1-2-9-6(8-1)5-7-10-3-4-11-7/h1-4H. The zero-order chi connectivity index (χ0) is 7.52. The lowest BCUT2D eigenvalue weighted by Crippen LogP contribution is -1.55. The molecule has 0 aliphatic carbocycles. The van der Waals surface area contributed by atoms with Crippen LogP contribution in [0.4, 0.5) is 0 Å². The van der Waals surface area contributed by atoms with Gasteiger partial charge in [-0.15, -0.1) is 0 Å². The summed E-state index contributed by atoms with van der Waals surface area (Å²) in [7, 11) is 0. The molecular weight excluding hydrogens is 212 g/mol. The van der Waals surface area contributed by atoms with Crippen molar-refractivity contribution in [3.05, 3.63) is 35.8 Å². The number of rotatable bonds is 0. The molecule has 0 aromatic heterocycles. The second-order valence-electron chi connectivity index (χ2n) is 1.72. The first kappa shape index (κ1) is 8.02. The van der Waals surface area contributed by atoms with E-state index in [1.807, 2.05) is 0 Å². The number of hydrogen-bond donors (Lipinski definition) is 0. The fourth-order valence-corrected chi connectivity index (χ4v) is 4.01. The summed E-state index contributed by atoms with van der Waals surface area (Å²) in [5.74, 6) is 0. The average Bonchev–Trinajstić information content (AvgIpc) is 2.60. The van der Waals surface area contributed by atoms with Crippen LogP contribution in [0.15, 0.2) is 35.8 Å². The summed E-state index contributed by atoms with van der Waals surface area (Å²) in [5, 5.41) is 8.35. The van der Waals surface area contributed by atoms with Crippen molar-refractivity contribution in [1.29, 1.82) is 0 Å². The smallest absolute Gasteiger partial charge is 0.0817 e. The summed E-state index contributed by atoms with van der Waals surface area (Å²) < 4.78 is 2.51. The van der Waals surface area contributed by atoms with Gasteiger partial charge in [-0.3, -0.25) is 0 Å². The molecular formula is C7H4S4. The van der Waals surface area contributed by atoms with E-state index in [-0.39, 0.29) is 0 Å². The molecule has 0 aromatic rings. The minimum atomic E-state index is 1.25. The van der Waals surface area contributed by atoms with Crippen LogP contribution in [0.25, 0.3) is 0 Å². The highest BCUT2D eigenvalue weighted by Crippen LogP contribution is 2.41. The highest BCUT2D eigenvalue weighted by molar-refractivity contribution is 8.28. The predicted molar refractivity (Wildman–Crippen MR) is 59.2 cm³/mol. The minimum absolute atomic E-state index is 1.25. The maximum atomic E-state index is 3.34. The largest absolute Gasteiger partial charge is 0.0927 e. The molecule has 0 unspecified atom stereocenters. The van der Waals surface area contributed by atoms with E-state index < -0.39 is 0 Å². The summed E-state index contributed by atoms with van der Waals surface area (Å²) in [5.41, 5.74) is 3.34. The summed E-state index contributed by atoms with van der Waals surface area (Å²) in [6, 6.07) is 0. The van der Waals surface area contributed by atoms with Gasteiger partial charge in [0.2, 0.25) is 0 Å².